The summed E-state index contributed by atoms with van der Waals surface area (Å²) in [6.45, 7) is -2.00. The summed E-state index contributed by atoms with van der Waals surface area (Å²) in [7, 11) is -4.67. The van der Waals surface area contributed by atoms with Gasteiger partial charge in [0.25, 0.3) is 10.1 Å². The fourth-order valence-electron chi connectivity index (χ4n) is 1.83. The molecule has 1 N–H and O–H groups in total. The van der Waals surface area contributed by atoms with Crippen LogP contribution in [0.4, 0.5) is 26.3 Å². The summed E-state index contributed by atoms with van der Waals surface area (Å²) in [6, 6.07) is 4.81. The number of benzene rings is 1. The van der Waals surface area contributed by atoms with Gasteiger partial charge >= 0.3 is 12.4 Å². The Kier molecular flexibility index (Phi) is 6.28. The molecule has 1 rings (SSSR count). The minimum Gasteiger partial charge on any atom is -0.396 e. The maximum Gasteiger partial charge on any atom is 0.394 e. The normalized spacial score (nSPS) is 16.0. The summed E-state index contributed by atoms with van der Waals surface area (Å²) in [4.78, 5) is -0.485. The second-order valence-electron chi connectivity index (χ2n) is 5.03. The number of alkyl halides is 6. The maximum atomic E-state index is 12.8. The zero-order valence-electron chi connectivity index (χ0n) is 12.2. The molecule has 0 bridgehead atoms. The molecule has 0 aromatic heterocycles. The van der Waals surface area contributed by atoms with Gasteiger partial charge in [0.1, 0.15) is 0 Å². The summed E-state index contributed by atoms with van der Waals surface area (Å²) in [6.07, 6.45) is -10.8. The fourth-order valence-corrected chi connectivity index (χ4v) is 2.76. The average Bonchev–Trinajstić information content (AvgIpc) is 2.41. The second-order valence-corrected chi connectivity index (χ2v) is 6.65. The maximum absolute atomic E-state index is 12.8. The first-order valence-electron chi connectivity index (χ1n) is 6.49. The molecule has 0 saturated heterocycles. The van der Waals surface area contributed by atoms with Crippen LogP contribution in [-0.4, -0.2) is 39.1 Å². The molecule has 2 unspecified atom stereocenters. The average molecular weight is 380 g/mol. The van der Waals surface area contributed by atoms with E-state index in [-0.39, 0.29) is 0 Å². The van der Waals surface area contributed by atoms with Crippen molar-refractivity contribution in [2.24, 2.45) is 11.8 Å². The van der Waals surface area contributed by atoms with E-state index in [0.29, 0.717) is 5.56 Å². The molecule has 1 aromatic carbocycles. The van der Waals surface area contributed by atoms with Crippen molar-refractivity contribution in [1.82, 2.24) is 0 Å². The van der Waals surface area contributed by atoms with Gasteiger partial charge < -0.3 is 5.11 Å². The van der Waals surface area contributed by atoms with E-state index in [4.69, 9.17) is 5.11 Å². The van der Waals surface area contributed by atoms with Crippen LogP contribution < -0.4 is 0 Å². The molecule has 138 valence electrons. The lowest BCUT2D eigenvalue weighted by Crippen LogP contribution is -2.43. The molecule has 11 heteroatoms. The summed E-state index contributed by atoms with van der Waals surface area (Å²) in [5, 5.41) is 8.65. The molecule has 24 heavy (non-hydrogen) atoms. The van der Waals surface area contributed by atoms with E-state index >= 15 is 0 Å². The first kappa shape index (κ1) is 20.7. The van der Waals surface area contributed by atoms with E-state index in [9.17, 15) is 34.8 Å². The third kappa shape index (κ3) is 5.35. The zero-order valence-corrected chi connectivity index (χ0v) is 13.0. The predicted octanol–water partition coefficient (Wildman–Crippen LogP) is 3.05. The van der Waals surface area contributed by atoms with Crippen LogP contribution in [0.15, 0.2) is 29.2 Å². The lowest BCUT2D eigenvalue weighted by Gasteiger charge is -2.28. The molecule has 0 aliphatic heterocycles. The van der Waals surface area contributed by atoms with Crippen molar-refractivity contribution in [3.05, 3.63) is 29.8 Å². The van der Waals surface area contributed by atoms with Crippen molar-refractivity contribution in [1.29, 1.82) is 0 Å². The van der Waals surface area contributed by atoms with Gasteiger partial charge in [0.2, 0.25) is 0 Å². The molecule has 1 aromatic rings. The van der Waals surface area contributed by atoms with Crippen LogP contribution >= 0.6 is 0 Å². The fraction of sp³-hybridized carbons (Fsp3) is 0.538. The minimum absolute atomic E-state index is 0.485. The Morgan fingerprint density at radius 2 is 1.46 bits per heavy atom. The summed E-state index contributed by atoms with van der Waals surface area (Å²) >= 11 is 0. The van der Waals surface area contributed by atoms with Crippen molar-refractivity contribution < 1.29 is 44.0 Å². The smallest absolute Gasteiger partial charge is 0.394 e. The zero-order chi connectivity index (χ0) is 18.8. The topological polar surface area (TPSA) is 63.6 Å². The third-order valence-electron chi connectivity index (χ3n) is 3.24. The van der Waals surface area contributed by atoms with E-state index in [0.717, 1.165) is 12.1 Å². The van der Waals surface area contributed by atoms with E-state index in [1.54, 1.807) is 6.92 Å². The van der Waals surface area contributed by atoms with Crippen molar-refractivity contribution in [2.75, 3.05) is 13.2 Å². The summed E-state index contributed by atoms with van der Waals surface area (Å²) in [5.74, 6) is -6.41. The van der Waals surface area contributed by atoms with E-state index < -0.39 is 52.4 Å². The second kappa shape index (κ2) is 7.28. The Morgan fingerprint density at radius 3 is 1.83 bits per heavy atom. The standard InChI is InChI=1S/C13H14F6O4S/c1-8-2-4-9(5-3-8)24(21,22)23-7-11(13(17,18)19)10(6-20)12(14,15)16/h2-5,10-11,20H,6-7H2,1H3. The predicted molar refractivity (Wildman–Crippen MR) is 70.5 cm³/mol. The summed E-state index contributed by atoms with van der Waals surface area (Å²) < 4.78 is 104. The molecule has 0 fully saturated rings. The molecule has 0 aliphatic rings. The Hall–Kier alpha value is -1.33. The Morgan fingerprint density at radius 1 is 1.00 bits per heavy atom. The van der Waals surface area contributed by atoms with Crippen LogP contribution in [0.25, 0.3) is 0 Å². The first-order chi connectivity index (χ1) is 10.8. The molecule has 2 atom stereocenters. The minimum atomic E-state index is -5.41. The highest BCUT2D eigenvalue weighted by molar-refractivity contribution is 7.86. The van der Waals surface area contributed by atoms with Crippen molar-refractivity contribution >= 4 is 10.1 Å². The van der Waals surface area contributed by atoms with Crippen LogP contribution in [0.5, 0.6) is 0 Å². The molecule has 0 radical (unpaired) electrons. The third-order valence-corrected chi connectivity index (χ3v) is 4.53. The van der Waals surface area contributed by atoms with E-state index in [1.165, 1.54) is 12.1 Å². The van der Waals surface area contributed by atoms with Gasteiger partial charge in [-0.15, -0.1) is 0 Å². The van der Waals surface area contributed by atoms with Gasteiger partial charge in [-0.05, 0) is 19.1 Å². The van der Waals surface area contributed by atoms with Gasteiger partial charge in [-0.1, -0.05) is 17.7 Å². The Balaban J connectivity index is 3.02. The lowest BCUT2D eigenvalue weighted by atomic mass is 9.92. The number of aliphatic hydroxyl groups is 1. The quantitative estimate of drug-likeness (QED) is 0.609. The first-order valence-corrected chi connectivity index (χ1v) is 7.90. The summed E-state index contributed by atoms with van der Waals surface area (Å²) in [5.41, 5.74) is 0.666. The number of rotatable bonds is 6. The van der Waals surface area contributed by atoms with Crippen LogP contribution in [0, 0.1) is 18.8 Å². The van der Waals surface area contributed by atoms with Crippen LogP contribution in [0.1, 0.15) is 5.56 Å². The number of hydrogen-bond acceptors (Lipinski definition) is 4. The lowest BCUT2D eigenvalue weighted by molar-refractivity contribution is -0.264. The highest BCUT2D eigenvalue weighted by Gasteiger charge is 2.55. The SMILES string of the molecule is Cc1ccc(S(=O)(=O)OCC(C(CO)C(F)(F)F)C(F)(F)F)cc1. The van der Waals surface area contributed by atoms with Crippen LogP contribution in [0.3, 0.4) is 0 Å². The van der Waals surface area contributed by atoms with Crippen LogP contribution in [-0.2, 0) is 14.3 Å². The highest BCUT2D eigenvalue weighted by atomic mass is 32.2. The monoisotopic (exact) mass is 380 g/mol. The Labute approximate surface area is 134 Å². The van der Waals surface area contributed by atoms with Gasteiger partial charge in [-0.2, -0.15) is 34.8 Å². The van der Waals surface area contributed by atoms with Gasteiger partial charge in [0.05, 0.1) is 29.9 Å². The molecule has 0 saturated carbocycles. The van der Waals surface area contributed by atoms with Crippen LogP contribution in [0.2, 0.25) is 0 Å². The molecule has 0 amide bonds. The number of hydrogen-bond donors (Lipinski definition) is 1. The molecule has 0 spiro atoms. The molecular weight excluding hydrogens is 366 g/mol. The van der Waals surface area contributed by atoms with Crippen molar-refractivity contribution in [2.45, 2.75) is 24.2 Å². The van der Waals surface area contributed by atoms with Gasteiger partial charge in [-0.3, -0.25) is 4.18 Å². The number of aliphatic hydroxyl groups excluding tert-OH is 1. The molecule has 0 heterocycles. The number of aryl methyl sites for hydroxylation is 1. The van der Waals surface area contributed by atoms with E-state index in [2.05, 4.69) is 4.18 Å². The van der Waals surface area contributed by atoms with Gasteiger partial charge in [0.15, 0.2) is 0 Å². The number of halogens is 6. The van der Waals surface area contributed by atoms with Crippen molar-refractivity contribution in [3.63, 3.8) is 0 Å². The van der Waals surface area contributed by atoms with Gasteiger partial charge in [0, 0.05) is 0 Å². The largest absolute Gasteiger partial charge is 0.396 e. The molecule has 4 nitrogen and oxygen atoms in total. The highest BCUT2D eigenvalue weighted by Crippen LogP contribution is 2.41. The molecule has 0 aliphatic carbocycles. The van der Waals surface area contributed by atoms with E-state index in [1.807, 2.05) is 0 Å². The molecular formula is C13H14F6O4S. The van der Waals surface area contributed by atoms with Gasteiger partial charge in [-0.25, -0.2) is 0 Å². The Bertz CT molecular complexity index is 636. The van der Waals surface area contributed by atoms with Crippen molar-refractivity contribution in [3.8, 4) is 0 Å².